The van der Waals surface area contributed by atoms with Crippen molar-refractivity contribution >= 4 is 34.8 Å². The van der Waals surface area contributed by atoms with Crippen LogP contribution in [-0.4, -0.2) is 31.3 Å². The van der Waals surface area contributed by atoms with E-state index in [9.17, 15) is 9.59 Å². The predicted molar refractivity (Wildman–Crippen MR) is 74.6 cm³/mol. The number of carbonyl (C=O) groups excluding carboxylic acids is 2. The maximum absolute atomic E-state index is 11.5. The summed E-state index contributed by atoms with van der Waals surface area (Å²) >= 11 is 5.43. The highest BCUT2D eigenvalue weighted by atomic mass is 35.5. The zero-order valence-corrected chi connectivity index (χ0v) is 11.3. The van der Waals surface area contributed by atoms with Crippen LogP contribution in [0.5, 0.6) is 5.75 Å². The van der Waals surface area contributed by atoms with Crippen LogP contribution in [0.25, 0.3) is 0 Å². The first-order chi connectivity index (χ1) is 9.10. The van der Waals surface area contributed by atoms with E-state index in [0.29, 0.717) is 17.1 Å². The van der Waals surface area contributed by atoms with Gasteiger partial charge in [0, 0.05) is 19.0 Å². The summed E-state index contributed by atoms with van der Waals surface area (Å²) in [5, 5.41) is 5.25. The summed E-state index contributed by atoms with van der Waals surface area (Å²) < 4.78 is 5.07. The van der Waals surface area contributed by atoms with Gasteiger partial charge in [-0.3, -0.25) is 9.59 Å². The topological polar surface area (TPSA) is 93.5 Å². The molecule has 104 valence electrons. The van der Waals surface area contributed by atoms with Gasteiger partial charge in [0.25, 0.3) is 0 Å². The van der Waals surface area contributed by atoms with Crippen molar-refractivity contribution < 1.29 is 14.3 Å². The molecule has 6 nitrogen and oxygen atoms in total. The van der Waals surface area contributed by atoms with Crippen molar-refractivity contribution in [3.63, 3.8) is 0 Å². The van der Waals surface area contributed by atoms with Gasteiger partial charge in [0.2, 0.25) is 11.8 Å². The van der Waals surface area contributed by atoms with Crippen molar-refractivity contribution in [3.8, 4) is 5.75 Å². The molecule has 0 aliphatic carbocycles. The Hall–Kier alpha value is -1.79. The maximum Gasteiger partial charge on any atom is 0.239 e. The van der Waals surface area contributed by atoms with Gasteiger partial charge in [-0.2, -0.15) is 0 Å². The summed E-state index contributed by atoms with van der Waals surface area (Å²) in [5.74, 6) is -0.201. The second-order valence-electron chi connectivity index (χ2n) is 3.68. The molecule has 0 bridgehead atoms. The Balaban J connectivity index is 2.95. The SMILES string of the molecule is COc1ccc(NC(=O)CCl)c(NC(=O)CCN)c1. The second-order valence-corrected chi connectivity index (χ2v) is 3.95. The van der Waals surface area contributed by atoms with Crippen molar-refractivity contribution in [1.82, 2.24) is 0 Å². The molecule has 0 saturated carbocycles. The molecule has 0 aliphatic rings. The average molecular weight is 286 g/mol. The van der Waals surface area contributed by atoms with Crippen molar-refractivity contribution in [2.75, 3.05) is 30.2 Å². The molecule has 4 N–H and O–H groups in total. The summed E-state index contributed by atoms with van der Waals surface area (Å²) in [6.45, 7) is 0.249. The number of nitrogens with one attached hydrogen (secondary N) is 2. The number of nitrogens with two attached hydrogens (primary N) is 1. The fraction of sp³-hybridized carbons (Fsp3) is 0.333. The molecule has 7 heteroatoms. The van der Waals surface area contributed by atoms with E-state index >= 15 is 0 Å². The Labute approximate surface area is 116 Å². The quantitative estimate of drug-likeness (QED) is 0.684. The molecule has 1 rings (SSSR count). The van der Waals surface area contributed by atoms with Crippen LogP contribution < -0.4 is 21.1 Å². The van der Waals surface area contributed by atoms with Gasteiger partial charge in [-0.15, -0.1) is 11.6 Å². The third kappa shape index (κ3) is 4.76. The Morgan fingerprint density at radius 1 is 1.26 bits per heavy atom. The van der Waals surface area contributed by atoms with Crippen molar-refractivity contribution in [2.24, 2.45) is 5.73 Å². The van der Waals surface area contributed by atoms with Gasteiger partial charge in [0.15, 0.2) is 0 Å². The summed E-state index contributed by atoms with van der Waals surface area (Å²) in [5.41, 5.74) is 6.20. The molecule has 2 amide bonds. The Kier molecular flexibility index (Phi) is 6.11. The molecular weight excluding hydrogens is 270 g/mol. The fourth-order valence-electron chi connectivity index (χ4n) is 1.39. The Bertz CT molecular complexity index is 466. The standard InChI is InChI=1S/C12H16ClN3O3/c1-19-8-2-3-9(15-12(18)7-13)10(6-8)16-11(17)4-5-14/h2-3,6H,4-5,7,14H2,1H3,(H,15,18)(H,16,17). The number of carbonyl (C=O) groups is 2. The third-order valence-corrected chi connectivity index (χ3v) is 2.51. The number of alkyl halides is 1. The lowest BCUT2D eigenvalue weighted by molar-refractivity contribution is -0.116. The third-order valence-electron chi connectivity index (χ3n) is 2.27. The van der Waals surface area contributed by atoms with E-state index in [-0.39, 0.29) is 30.7 Å². The number of methoxy groups -OCH3 is 1. The number of benzene rings is 1. The minimum absolute atomic E-state index is 0.164. The molecule has 0 aromatic heterocycles. The first-order valence-electron chi connectivity index (χ1n) is 5.64. The van der Waals surface area contributed by atoms with Crippen LogP contribution in [0, 0.1) is 0 Å². The van der Waals surface area contributed by atoms with E-state index in [1.165, 1.54) is 7.11 Å². The predicted octanol–water partition coefficient (Wildman–Crippen LogP) is 1.16. The average Bonchev–Trinajstić information content (AvgIpc) is 2.40. The van der Waals surface area contributed by atoms with Crippen LogP contribution in [-0.2, 0) is 9.59 Å². The molecule has 0 unspecified atom stereocenters. The molecule has 0 aliphatic heterocycles. The minimum atomic E-state index is -0.360. The lowest BCUT2D eigenvalue weighted by Gasteiger charge is -2.13. The number of ether oxygens (including phenoxy) is 1. The number of hydrogen-bond donors (Lipinski definition) is 3. The van der Waals surface area contributed by atoms with E-state index in [1.807, 2.05) is 0 Å². The van der Waals surface area contributed by atoms with E-state index < -0.39 is 0 Å². The van der Waals surface area contributed by atoms with Crippen LogP contribution >= 0.6 is 11.6 Å². The van der Waals surface area contributed by atoms with E-state index in [2.05, 4.69) is 10.6 Å². The first kappa shape index (κ1) is 15.3. The van der Waals surface area contributed by atoms with Gasteiger partial charge in [-0.05, 0) is 12.1 Å². The highest BCUT2D eigenvalue weighted by Gasteiger charge is 2.10. The minimum Gasteiger partial charge on any atom is -0.497 e. The maximum atomic E-state index is 11.5. The molecule has 0 radical (unpaired) electrons. The highest BCUT2D eigenvalue weighted by molar-refractivity contribution is 6.29. The van der Waals surface area contributed by atoms with E-state index in [0.717, 1.165) is 0 Å². The molecule has 0 heterocycles. The molecular formula is C12H16ClN3O3. The van der Waals surface area contributed by atoms with Gasteiger partial charge in [0.1, 0.15) is 11.6 Å². The molecule has 0 saturated heterocycles. The monoisotopic (exact) mass is 285 g/mol. The van der Waals surface area contributed by atoms with E-state index in [4.69, 9.17) is 22.1 Å². The van der Waals surface area contributed by atoms with Gasteiger partial charge >= 0.3 is 0 Å². The summed E-state index contributed by atoms with van der Waals surface area (Å²) in [7, 11) is 1.51. The molecule has 1 aromatic carbocycles. The second kappa shape index (κ2) is 7.60. The lowest BCUT2D eigenvalue weighted by Crippen LogP contribution is -2.19. The molecule has 0 fully saturated rings. The molecule has 0 atom stereocenters. The van der Waals surface area contributed by atoms with Crippen molar-refractivity contribution in [3.05, 3.63) is 18.2 Å². The zero-order chi connectivity index (χ0) is 14.3. The summed E-state index contributed by atoms with van der Waals surface area (Å²) in [6, 6.07) is 4.90. The van der Waals surface area contributed by atoms with Gasteiger partial charge in [-0.25, -0.2) is 0 Å². The van der Waals surface area contributed by atoms with E-state index in [1.54, 1.807) is 18.2 Å². The first-order valence-corrected chi connectivity index (χ1v) is 6.18. The molecule has 19 heavy (non-hydrogen) atoms. The molecule has 0 spiro atoms. The van der Waals surface area contributed by atoms with Gasteiger partial charge < -0.3 is 21.1 Å². The summed E-state index contributed by atoms with van der Waals surface area (Å²) in [6.07, 6.45) is 0.195. The summed E-state index contributed by atoms with van der Waals surface area (Å²) in [4.78, 5) is 22.8. The van der Waals surface area contributed by atoms with Gasteiger partial charge in [-0.1, -0.05) is 0 Å². The van der Waals surface area contributed by atoms with Crippen LogP contribution in [0.1, 0.15) is 6.42 Å². The normalized spacial score (nSPS) is 9.84. The smallest absolute Gasteiger partial charge is 0.239 e. The fourth-order valence-corrected chi connectivity index (χ4v) is 1.46. The largest absolute Gasteiger partial charge is 0.497 e. The zero-order valence-electron chi connectivity index (χ0n) is 10.5. The highest BCUT2D eigenvalue weighted by Crippen LogP contribution is 2.27. The van der Waals surface area contributed by atoms with Crippen LogP contribution in [0.4, 0.5) is 11.4 Å². The van der Waals surface area contributed by atoms with Crippen molar-refractivity contribution in [1.29, 1.82) is 0 Å². The number of hydrogen-bond acceptors (Lipinski definition) is 4. The lowest BCUT2D eigenvalue weighted by atomic mass is 10.2. The molecule has 1 aromatic rings. The number of rotatable bonds is 6. The number of anilines is 2. The Morgan fingerprint density at radius 3 is 2.53 bits per heavy atom. The number of halogens is 1. The van der Waals surface area contributed by atoms with Crippen molar-refractivity contribution in [2.45, 2.75) is 6.42 Å². The van der Waals surface area contributed by atoms with Crippen LogP contribution in [0.3, 0.4) is 0 Å². The van der Waals surface area contributed by atoms with Crippen LogP contribution in [0.15, 0.2) is 18.2 Å². The number of amides is 2. The Morgan fingerprint density at radius 2 is 1.95 bits per heavy atom. The van der Waals surface area contributed by atoms with Crippen LogP contribution in [0.2, 0.25) is 0 Å². The van der Waals surface area contributed by atoms with Gasteiger partial charge in [0.05, 0.1) is 18.5 Å².